The van der Waals surface area contributed by atoms with Crippen LogP contribution in [-0.4, -0.2) is 7.11 Å². The van der Waals surface area contributed by atoms with E-state index in [0.29, 0.717) is 11.8 Å². The van der Waals surface area contributed by atoms with E-state index in [1.54, 1.807) is 0 Å². The van der Waals surface area contributed by atoms with Crippen LogP contribution < -0.4 is 0 Å². The molecule has 0 aromatic heterocycles. The molecule has 0 amide bonds. The first kappa shape index (κ1) is 21.3. The Kier molecular flexibility index (Phi) is 13.8. The first-order valence-corrected chi connectivity index (χ1v) is 7.63. The molecule has 20 heavy (non-hydrogen) atoms. The highest BCUT2D eigenvalue weighted by atomic mass is 19.1. The van der Waals surface area contributed by atoms with Crippen molar-refractivity contribution in [1.29, 1.82) is 0 Å². The molecule has 0 aliphatic carbocycles. The number of hydrogen-bond acceptors (Lipinski definition) is 1. The van der Waals surface area contributed by atoms with Gasteiger partial charge in [0.15, 0.2) is 5.83 Å². The number of rotatable bonds is 8. The Bertz CT molecular complexity index is 305. The lowest BCUT2D eigenvalue weighted by Gasteiger charge is -2.15. The highest BCUT2D eigenvalue weighted by molar-refractivity contribution is 5.27. The number of hydrogen-bond donors (Lipinski definition) is 0. The topological polar surface area (TPSA) is 9.23 Å². The molecule has 0 aromatic rings. The normalized spacial score (nSPS) is 13.8. The van der Waals surface area contributed by atoms with Crippen molar-refractivity contribution in [2.24, 2.45) is 11.8 Å². The van der Waals surface area contributed by atoms with Crippen LogP contribution in [0.5, 0.6) is 0 Å². The van der Waals surface area contributed by atoms with Crippen LogP contribution in [0.1, 0.15) is 60.3 Å². The summed E-state index contributed by atoms with van der Waals surface area (Å²) in [6, 6.07) is 0. The smallest absolute Gasteiger partial charge is 0.164 e. The van der Waals surface area contributed by atoms with Gasteiger partial charge in [-0.2, -0.15) is 0 Å². The molecular formula is C18H33FO. The third-order valence-corrected chi connectivity index (χ3v) is 3.25. The van der Waals surface area contributed by atoms with Gasteiger partial charge in [0, 0.05) is 0 Å². The van der Waals surface area contributed by atoms with Crippen molar-refractivity contribution in [3.63, 3.8) is 0 Å². The van der Waals surface area contributed by atoms with E-state index in [0.717, 1.165) is 18.4 Å². The maximum absolute atomic E-state index is 13.4. The largest absolute Gasteiger partial charge is 0.494 e. The van der Waals surface area contributed by atoms with Gasteiger partial charge in [-0.3, -0.25) is 0 Å². The molecule has 118 valence electrons. The van der Waals surface area contributed by atoms with Gasteiger partial charge >= 0.3 is 0 Å². The zero-order valence-corrected chi connectivity index (χ0v) is 14.3. The molecule has 0 saturated carbocycles. The Morgan fingerprint density at radius 1 is 1.15 bits per heavy atom. The second kappa shape index (κ2) is 13.0. The van der Waals surface area contributed by atoms with Crippen LogP contribution in [0, 0.1) is 11.8 Å². The molecule has 2 atom stereocenters. The van der Waals surface area contributed by atoms with Crippen molar-refractivity contribution in [3.05, 3.63) is 36.4 Å². The van der Waals surface area contributed by atoms with Gasteiger partial charge < -0.3 is 4.74 Å². The van der Waals surface area contributed by atoms with E-state index in [1.807, 2.05) is 0 Å². The van der Waals surface area contributed by atoms with Crippen LogP contribution in [0.2, 0.25) is 0 Å². The number of allylic oxidation sites excluding steroid dienone is 3. The molecule has 0 aliphatic heterocycles. The Labute approximate surface area is 125 Å². The predicted octanol–water partition coefficient (Wildman–Crippen LogP) is 6.43. The molecule has 1 nitrogen and oxygen atoms in total. The van der Waals surface area contributed by atoms with E-state index < -0.39 is 5.83 Å². The van der Waals surface area contributed by atoms with Crippen LogP contribution in [-0.2, 0) is 4.74 Å². The first-order chi connectivity index (χ1) is 9.33. The second-order valence-electron chi connectivity index (χ2n) is 5.39. The zero-order chi connectivity index (χ0) is 16.1. The summed E-state index contributed by atoms with van der Waals surface area (Å²) < 4.78 is 18.2. The molecule has 0 radical (unpaired) electrons. The lowest BCUT2D eigenvalue weighted by molar-refractivity contribution is 0.285. The summed E-state index contributed by atoms with van der Waals surface area (Å²) in [5, 5.41) is 0. The molecule has 0 N–H and O–H groups in total. The molecule has 0 spiro atoms. The fraction of sp³-hybridized carbons (Fsp3) is 0.667. The second-order valence-corrected chi connectivity index (χ2v) is 5.39. The van der Waals surface area contributed by atoms with E-state index in [-0.39, 0.29) is 5.76 Å². The van der Waals surface area contributed by atoms with Gasteiger partial charge in [-0.25, -0.2) is 4.39 Å². The summed E-state index contributed by atoms with van der Waals surface area (Å²) in [7, 11) is 1.41. The van der Waals surface area contributed by atoms with E-state index in [9.17, 15) is 4.39 Å². The number of ether oxygens (including phenoxy) is 1. The van der Waals surface area contributed by atoms with Crippen molar-refractivity contribution in [3.8, 4) is 0 Å². The van der Waals surface area contributed by atoms with Crippen molar-refractivity contribution in [2.45, 2.75) is 60.3 Å². The van der Waals surface area contributed by atoms with E-state index in [4.69, 9.17) is 4.74 Å². The van der Waals surface area contributed by atoms with Crippen molar-refractivity contribution < 1.29 is 9.13 Å². The highest BCUT2D eigenvalue weighted by Crippen LogP contribution is 2.23. The average molecular weight is 284 g/mol. The molecule has 0 aliphatic rings. The third-order valence-electron chi connectivity index (χ3n) is 3.25. The van der Waals surface area contributed by atoms with Gasteiger partial charge in [0.2, 0.25) is 0 Å². The quantitative estimate of drug-likeness (QED) is 0.368. The number of methoxy groups -OCH3 is 1. The lowest BCUT2D eigenvalue weighted by atomic mass is 9.91. The van der Waals surface area contributed by atoms with E-state index in [1.165, 1.54) is 26.0 Å². The van der Waals surface area contributed by atoms with Gasteiger partial charge in [-0.05, 0) is 29.9 Å². The molecule has 0 rings (SSSR count). The molecule has 0 fully saturated rings. The minimum atomic E-state index is -0.437. The Balaban J connectivity index is 0. The third kappa shape index (κ3) is 10.8. The van der Waals surface area contributed by atoms with Crippen LogP contribution in [0.15, 0.2) is 36.4 Å². The summed E-state index contributed by atoms with van der Waals surface area (Å²) in [4.78, 5) is 0. The molecule has 0 heterocycles. The SMILES string of the molecule is C=C(OC)/C(F)=C\C(=C)C(C)CCC(C)CC.CCC. The Morgan fingerprint density at radius 2 is 1.65 bits per heavy atom. The van der Waals surface area contributed by atoms with Gasteiger partial charge in [0.1, 0.15) is 5.76 Å². The Morgan fingerprint density at radius 3 is 2.05 bits per heavy atom. The van der Waals surface area contributed by atoms with Gasteiger partial charge in [0.25, 0.3) is 0 Å². The van der Waals surface area contributed by atoms with Crippen LogP contribution >= 0.6 is 0 Å². The van der Waals surface area contributed by atoms with E-state index in [2.05, 4.69) is 47.8 Å². The molecule has 0 aromatic carbocycles. The highest BCUT2D eigenvalue weighted by Gasteiger charge is 2.09. The van der Waals surface area contributed by atoms with Crippen LogP contribution in [0.3, 0.4) is 0 Å². The van der Waals surface area contributed by atoms with Crippen LogP contribution in [0.4, 0.5) is 4.39 Å². The summed E-state index contributed by atoms with van der Waals surface area (Å²) in [6.45, 7) is 18.1. The first-order valence-electron chi connectivity index (χ1n) is 7.63. The standard InChI is InChI=1S/C15H25FO.C3H8/c1-7-11(2)8-9-12(3)13(4)10-15(16)14(5)17-6;1-3-2/h10-12H,4-5,7-9H2,1-3,6H3;3H2,1-2H3/b15-10+;. The summed E-state index contributed by atoms with van der Waals surface area (Å²) in [5.74, 6) is 0.626. The summed E-state index contributed by atoms with van der Waals surface area (Å²) in [6.07, 6.45) is 6.05. The molecule has 2 heteroatoms. The van der Waals surface area contributed by atoms with Gasteiger partial charge in [0.05, 0.1) is 7.11 Å². The van der Waals surface area contributed by atoms with Crippen LogP contribution in [0.25, 0.3) is 0 Å². The average Bonchev–Trinajstić information content (AvgIpc) is 2.43. The monoisotopic (exact) mass is 284 g/mol. The predicted molar refractivity (Wildman–Crippen MR) is 88.3 cm³/mol. The molecule has 0 saturated heterocycles. The van der Waals surface area contributed by atoms with Gasteiger partial charge in [-0.1, -0.05) is 67.0 Å². The van der Waals surface area contributed by atoms with Gasteiger partial charge in [-0.15, -0.1) is 0 Å². The molecular weight excluding hydrogens is 251 g/mol. The Hall–Kier alpha value is -1.05. The van der Waals surface area contributed by atoms with Crippen molar-refractivity contribution in [1.82, 2.24) is 0 Å². The molecule has 0 bridgehead atoms. The summed E-state index contributed by atoms with van der Waals surface area (Å²) >= 11 is 0. The van der Waals surface area contributed by atoms with Crippen molar-refractivity contribution in [2.75, 3.05) is 7.11 Å². The maximum Gasteiger partial charge on any atom is 0.164 e. The maximum atomic E-state index is 13.4. The minimum absolute atomic E-state index is 0.0558. The van der Waals surface area contributed by atoms with Crippen molar-refractivity contribution >= 4 is 0 Å². The fourth-order valence-corrected chi connectivity index (χ4v) is 1.41. The minimum Gasteiger partial charge on any atom is -0.494 e. The zero-order valence-electron chi connectivity index (χ0n) is 14.3. The number of halogens is 1. The summed E-state index contributed by atoms with van der Waals surface area (Å²) in [5.41, 5.74) is 0.795. The van der Waals surface area contributed by atoms with E-state index >= 15 is 0 Å². The lowest BCUT2D eigenvalue weighted by Crippen LogP contribution is -2.01. The fourth-order valence-electron chi connectivity index (χ4n) is 1.41. The molecule has 2 unspecified atom stereocenters.